The monoisotopic (exact) mass is 656 g/mol. The number of aliphatic carboxylic acids is 1. The number of carboxylic acid groups (broad SMARTS) is 1. The molecule has 2 aromatic heterocycles. The lowest BCUT2D eigenvalue weighted by Gasteiger charge is -2.35. The number of pyridine rings is 2. The summed E-state index contributed by atoms with van der Waals surface area (Å²) in [6.45, 7) is 8.09. The molecule has 2 saturated heterocycles. The predicted molar refractivity (Wildman–Crippen MR) is 172 cm³/mol. The van der Waals surface area contributed by atoms with Crippen LogP contribution in [-0.4, -0.2) is 89.1 Å². The summed E-state index contributed by atoms with van der Waals surface area (Å²) < 4.78 is 33.4. The van der Waals surface area contributed by atoms with Gasteiger partial charge in [-0.25, -0.2) is 18.7 Å². The number of rotatable bonds is 12. The third-order valence-corrected chi connectivity index (χ3v) is 8.58. The Morgan fingerprint density at radius 3 is 2.46 bits per heavy atom. The van der Waals surface area contributed by atoms with Gasteiger partial charge in [0.2, 0.25) is 11.8 Å². The van der Waals surface area contributed by atoms with Crippen LogP contribution < -0.4 is 15.0 Å². The standard InChI is InChI=1S/C33H39ClF2N6O4/c1-22(43)37-19-23-4-7-41(8-5-23)21-24-14-29(25-16-26(33(35)36)18-27(34)17-25)39-31(15-24)46-28-2-3-30(38-20-28)42-12-10-40(11-13-42)9-6-32(44)45/h2-3,14-18,20,23,33H,4-13,19,21H2,1H3,(H,37,43)(H,44,45). The lowest BCUT2D eigenvalue weighted by atomic mass is 9.96. The molecule has 46 heavy (non-hydrogen) atoms. The summed E-state index contributed by atoms with van der Waals surface area (Å²) in [5.41, 5.74) is 1.69. The number of halogens is 3. The maximum absolute atomic E-state index is 13.6. The van der Waals surface area contributed by atoms with Gasteiger partial charge in [-0.05, 0) is 73.8 Å². The number of ether oxygens (including phenoxy) is 1. The van der Waals surface area contributed by atoms with E-state index in [1.807, 2.05) is 24.3 Å². The van der Waals surface area contributed by atoms with E-state index >= 15 is 0 Å². The first kappa shape index (κ1) is 33.5. The highest BCUT2D eigenvalue weighted by Gasteiger charge is 2.22. The molecule has 1 amide bonds. The predicted octanol–water partition coefficient (Wildman–Crippen LogP) is 5.47. The molecule has 0 atom stereocenters. The first-order valence-corrected chi connectivity index (χ1v) is 15.9. The Labute approximate surface area is 272 Å². The van der Waals surface area contributed by atoms with Crippen LogP contribution >= 0.6 is 11.6 Å². The summed E-state index contributed by atoms with van der Waals surface area (Å²) in [5, 5.41) is 12.1. The van der Waals surface area contributed by atoms with Gasteiger partial charge in [0, 0.05) is 75.0 Å². The third-order valence-electron chi connectivity index (χ3n) is 8.36. The van der Waals surface area contributed by atoms with E-state index in [2.05, 4.69) is 30.0 Å². The molecule has 4 heterocycles. The SMILES string of the molecule is CC(=O)NCC1CCN(Cc2cc(Oc3ccc(N4CCN(CCC(=O)O)CC4)nc3)nc(-c3cc(Cl)cc(C(F)F)c3)c2)CC1. The number of carbonyl (C=O) groups is 2. The Morgan fingerprint density at radius 1 is 1.04 bits per heavy atom. The maximum Gasteiger partial charge on any atom is 0.304 e. The highest BCUT2D eigenvalue weighted by molar-refractivity contribution is 6.31. The van der Waals surface area contributed by atoms with Crippen LogP contribution in [0.1, 0.15) is 43.7 Å². The normalized spacial score (nSPS) is 16.5. The van der Waals surface area contributed by atoms with E-state index in [9.17, 15) is 18.4 Å². The average molecular weight is 657 g/mol. The second-order valence-corrected chi connectivity index (χ2v) is 12.3. The summed E-state index contributed by atoms with van der Waals surface area (Å²) in [6, 6.07) is 11.7. The van der Waals surface area contributed by atoms with Crippen LogP contribution in [-0.2, 0) is 16.1 Å². The van der Waals surface area contributed by atoms with Crippen LogP contribution in [0.2, 0.25) is 5.02 Å². The van der Waals surface area contributed by atoms with Crippen LogP contribution in [0.5, 0.6) is 11.6 Å². The van der Waals surface area contributed by atoms with E-state index in [1.165, 1.54) is 19.1 Å². The molecule has 1 aromatic carbocycles. The number of nitrogens with zero attached hydrogens (tertiary/aromatic N) is 5. The van der Waals surface area contributed by atoms with E-state index in [-0.39, 0.29) is 22.9 Å². The summed E-state index contributed by atoms with van der Waals surface area (Å²) in [7, 11) is 0. The Morgan fingerprint density at radius 2 is 1.80 bits per heavy atom. The van der Waals surface area contributed by atoms with Crippen molar-refractivity contribution in [3.8, 4) is 22.9 Å². The molecule has 0 aliphatic carbocycles. The summed E-state index contributed by atoms with van der Waals surface area (Å²) in [6.07, 6.45) is 1.01. The number of carboxylic acids is 1. The van der Waals surface area contributed by atoms with Crippen molar-refractivity contribution >= 4 is 29.3 Å². The summed E-state index contributed by atoms with van der Waals surface area (Å²) in [5.74, 6) is 1.21. The van der Waals surface area contributed by atoms with Crippen molar-refractivity contribution in [2.45, 2.75) is 39.2 Å². The fourth-order valence-corrected chi connectivity index (χ4v) is 6.07. The zero-order chi connectivity index (χ0) is 32.6. The van der Waals surface area contributed by atoms with Crippen molar-refractivity contribution in [3.05, 3.63) is 64.8 Å². The van der Waals surface area contributed by atoms with Crippen LogP contribution in [0.25, 0.3) is 11.3 Å². The summed E-state index contributed by atoms with van der Waals surface area (Å²) in [4.78, 5) is 38.1. The van der Waals surface area contributed by atoms with Gasteiger partial charge in [0.1, 0.15) is 11.6 Å². The maximum atomic E-state index is 13.6. The van der Waals surface area contributed by atoms with Crippen LogP contribution in [0.15, 0.2) is 48.7 Å². The molecule has 246 valence electrons. The van der Waals surface area contributed by atoms with E-state index in [0.29, 0.717) is 48.4 Å². The molecule has 0 radical (unpaired) electrons. The van der Waals surface area contributed by atoms with E-state index in [0.717, 1.165) is 63.5 Å². The molecule has 10 nitrogen and oxygen atoms in total. The van der Waals surface area contributed by atoms with Crippen molar-refractivity contribution in [2.75, 3.05) is 57.3 Å². The molecule has 2 aliphatic heterocycles. The minimum atomic E-state index is -2.67. The smallest absolute Gasteiger partial charge is 0.304 e. The van der Waals surface area contributed by atoms with Crippen molar-refractivity contribution in [2.24, 2.45) is 5.92 Å². The Bertz CT molecular complexity index is 1500. The number of hydrogen-bond acceptors (Lipinski definition) is 8. The molecule has 0 unspecified atom stereocenters. The molecule has 2 N–H and O–H groups in total. The van der Waals surface area contributed by atoms with Crippen molar-refractivity contribution in [1.29, 1.82) is 0 Å². The van der Waals surface area contributed by atoms with Gasteiger partial charge in [0.25, 0.3) is 6.43 Å². The number of aromatic nitrogens is 2. The quantitative estimate of drug-likeness (QED) is 0.262. The molecule has 2 fully saturated rings. The molecule has 13 heteroatoms. The fourth-order valence-electron chi connectivity index (χ4n) is 5.83. The van der Waals surface area contributed by atoms with E-state index in [1.54, 1.807) is 12.3 Å². The van der Waals surface area contributed by atoms with Crippen molar-refractivity contribution in [3.63, 3.8) is 0 Å². The molecule has 0 bridgehead atoms. The number of piperazine rings is 1. The highest BCUT2D eigenvalue weighted by atomic mass is 35.5. The van der Waals surface area contributed by atoms with Crippen molar-refractivity contribution < 1.29 is 28.2 Å². The van der Waals surface area contributed by atoms with Gasteiger partial charge < -0.3 is 20.1 Å². The number of alkyl halides is 2. The average Bonchev–Trinajstić information content (AvgIpc) is 3.03. The number of hydrogen-bond donors (Lipinski definition) is 2. The van der Waals surface area contributed by atoms with Crippen LogP contribution in [0.3, 0.4) is 0 Å². The molecule has 0 spiro atoms. The first-order chi connectivity index (χ1) is 22.1. The van der Waals surface area contributed by atoms with Gasteiger partial charge in [-0.3, -0.25) is 19.4 Å². The largest absolute Gasteiger partial charge is 0.481 e. The molecular weight excluding hydrogens is 618 g/mol. The number of benzene rings is 1. The van der Waals surface area contributed by atoms with Gasteiger partial charge in [0.05, 0.1) is 18.3 Å². The molecule has 3 aromatic rings. The highest BCUT2D eigenvalue weighted by Crippen LogP contribution is 2.32. The van der Waals surface area contributed by atoms with Crippen LogP contribution in [0.4, 0.5) is 14.6 Å². The van der Waals surface area contributed by atoms with E-state index < -0.39 is 12.4 Å². The van der Waals surface area contributed by atoms with Gasteiger partial charge >= 0.3 is 5.97 Å². The number of nitrogens with one attached hydrogen (secondary N) is 1. The minimum Gasteiger partial charge on any atom is -0.481 e. The number of anilines is 1. The lowest BCUT2D eigenvalue weighted by molar-refractivity contribution is -0.137. The summed E-state index contributed by atoms with van der Waals surface area (Å²) >= 11 is 6.22. The lowest BCUT2D eigenvalue weighted by Crippen LogP contribution is -2.47. The second kappa shape index (κ2) is 15.6. The van der Waals surface area contributed by atoms with Gasteiger partial charge in [-0.1, -0.05) is 11.6 Å². The Kier molecular flexibility index (Phi) is 11.4. The number of likely N-dealkylation sites (tertiary alicyclic amines) is 1. The number of amides is 1. The minimum absolute atomic E-state index is 0.0204. The molecular formula is C33H39ClF2N6O4. The first-order valence-electron chi connectivity index (χ1n) is 15.5. The Balaban J connectivity index is 1.30. The van der Waals surface area contributed by atoms with Gasteiger partial charge in [-0.15, -0.1) is 0 Å². The van der Waals surface area contributed by atoms with Crippen LogP contribution in [0, 0.1) is 5.92 Å². The molecule has 5 rings (SSSR count). The third kappa shape index (κ3) is 9.57. The second-order valence-electron chi connectivity index (χ2n) is 11.9. The fraction of sp³-hybridized carbons (Fsp3) is 0.455. The zero-order valence-electron chi connectivity index (χ0n) is 25.8. The molecule has 0 saturated carbocycles. The van der Waals surface area contributed by atoms with E-state index in [4.69, 9.17) is 21.4 Å². The number of piperidine rings is 1. The zero-order valence-corrected chi connectivity index (χ0v) is 26.6. The Hall–Kier alpha value is -3.87. The van der Waals surface area contributed by atoms with Crippen molar-refractivity contribution in [1.82, 2.24) is 25.1 Å². The topological polar surface area (TPSA) is 111 Å². The number of carbonyl (C=O) groups excluding carboxylic acids is 1. The molecule has 2 aliphatic rings. The van der Waals surface area contributed by atoms with Gasteiger partial charge in [-0.2, -0.15) is 0 Å². The van der Waals surface area contributed by atoms with Gasteiger partial charge in [0.15, 0.2) is 0 Å².